The standard InChI is InChI=1S/C19H24F3N5OS/c1-26-9-14(8-23-26)25-18(28)17-6-12(10-29-17)15-7-16(15)24-13-2-4-27(5-3-13)11-19(20,21)22/h6,8-10,13,15-16,24H,2-5,7,11H2,1H3,(H,25,28). The van der Waals surface area contributed by atoms with Gasteiger partial charge in [-0.05, 0) is 49.4 Å². The molecule has 0 spiro atoms. The van der Waals surface area contributed by atoms with Gasteiger partial charge >= 0.3 is 6.18 Å². The average molecular weight is 427 g/mol. The van der Waals surface area contributed by atoms with Crippen LogP contribution in [0.2, 0.25) is 0 Å². The number of aryl methyl sites for hydroxylation is 1. The molecule has 2 atom stereocenters. The van der Waals surface area contributed by atoms with Crippen molar-refractivity contribution in [3.63, 3.8) is 0 Å². The third kappa shape index (κ3) is 5.37. The molecule has 2 aromatic rings. The lowest BCUT2D eigenvalue weighted by molar-refractivity contribution is -0.148. The maximum absolute atomic E-state index is 12.5. The number of amides is 1. The molecule has 2 aliphatic rings. The minimum Gasteiger partial charge on any atom is -0.319 e. The molecule has 1 saturated carbocycles. The molecular weight excluding hydrogens is 403 g/mol. The van der Waals surface area contributed by atoms with Gasteiger partial charge in [0.2, 0.25) is 0 Å². The number of carbonyl (C=O) groups is 1. The molecule has 2 N–H and O–H groups in total. The fraction of sp³-hybridized carbons (Fsp3) is 0.579. The zero-order valence-electron chi connectivity index (χ0n) is 16.1. The van der Waals surface area contributed by atoms with Crippen molar-refractivity contribution in [3.05, 3.63) is 34.3 Å². The minimum absolute atomic E-state index is 0.142. The second kappa shape index (κ2) is 8.08. The SMILES string of the molecule is Cn1cc(NC(=O)c2cc(C3CC3NC3CCN(CC(F)(F)F)CC3)cs2)cn1. The molecule has 1 saturated heterocycles. The summed E-state index contributed by atoms with van der Waals surface area (Å²) < 4.78 is 39.1. The van der Waals surface area contributed by atoms with Crippen LogP contribution in [0.3, 0.4) is 0 Å². The van der Waals surface area contributed by atoms with Gasteiger partial charge in [0.25, 0.3) is 5.91 Å². The zero-order valence-corrected chi connectivity index (χ0v) is 16.9. The molecule has 29 heavy (non-hydrogen) atoms. The number of hydrogen-bond acceptors (Lipinski definition) is 5. The number of anilines is 1. The van der Waals surface area contributed by atoms with Crippen LogP contribution in [0.1, 0.15) is 40.4 Å². The van der Waals surface area contributed by atoms with Crippen molar-refractivity contribution < 1.29 is 18.0 Å². The molecule has 1 amide bonds. The first-order chi connectivity index (χ1) is 13.8. The summed E-state index contributed by atoms with van der Waals surface area (Å²) >= 11 is 1.43. The molecule has 10 heteroatoms. The lowest BCUT2D eigenvalue weighted by atomic mass is 10.0. The van der Waals surface area contributed by atoms with Crippen molar-refractivity contribution in [2.75, 3.05) is 25.0 Å². The number of rotatable bonds is 6. The number of carbonyl (C=O) groups excluding carboxylic acids is 1. The van der Waals surface area contributed by atoms with E-state index >= 15 is 0 Å². The van der Waals surface area contributed by atoms with E-state index in [1.165, 1.54) is 16.2 Å². The number of nitrogens with zero attached hydrogens (tertiary/aromatic N) is 3. The van der Waals surface area contributed by atoms with Crippen LogP contribution in [-0.2, 0) is 7.05 Å². The summed E-state index contributed by atoms with van der Waals surface area (Å²) in [4.78, 5) is 14.5. The Hall–Kier alpha value is -1.91. The van der Waals surface area contributed by atoms with E-state index in [2.05, 4.69) is 15.7 Å². The number of hydrogen-bond donors (Lipinski definition) is 2. The average Bonchev–Trinajstić information content (AvgIpc) is 3.03. The van der Waals surface area contributed by atoms with Crippen molar-refractivity contribution in [2.45, 2.75) is 43.4 Å². The second-order valence-corrected chi connectivity index (χ2v) is 8.79. The van der Waals surface area contributed by atoms with E-state index in [4.69, 9.17) is 0 Å². The number of halogens is 3. The third-order valence-electron chi connectivity index (χ3n) is 5.47. The van der Waals surface area contributed by atoms with Gasteiger partial charge in [-0.3, -0.25) is 14.4 Å². The van der Waals surface area contributed by atoms with Crippen LogP contribution in [0.15, 0.2) is 23.8 Å². The molecule has 0 aromatic carbocycles. The summed E-state index contributed by atoms with van der Waals surface area (Å²) in [7, 11) is 1.79. The monoisotopic (exact) mass is 427 g/mol. The van der Waals surface area contributed by atoms with E-state index < -0.39 is 12.7 Å². The molecule has 0 radical (unpaired) electrons. The summed E-state index contributed by atoms with van der Waals surface area (Å²) in [5, 5.41) is 12.5. The zero-order chi connectivity index (χ0) is 20.6. The van der Waals surface area contributed by atoms with Crippen LogP contribution in [0.25, 0.3) is 0 Å². The topological polar surface area (TPSA) is 62.2 Å². The smallest absolute Gasteiger partial charge is 0.319 e. The second-order valence-electron chi connectivity index (χ2n) is 7.88. The number of nitrogens with one attached hydrogen (secondary N) is 2. The van der Waals surface area contributed by atoms with Crippen molar-refractivity contribution >= 4 is 22.9 Å². The molecule has 158 valence electrons. The van der Waals surface area contributed by atoms with Crippen LogP contribution in [0.5, 0.6) is 0 Å². The Balaban J connectivity index is 1.23. The van der Waals surface area contributed by atoms with Crippen LogP contribution >= 0.6 is 11.3 Å². The highest BCUT2D eigenvalue weighted by Gasteiger charge is 2.41. The highest BCUT2D eigenvalue weighted by atomic mass is 32.1. The first-order valence-corrected chi connectivity index (χ1v) is 10.6. The van der Waals surface area contributed by atoms with Crippen molar-refractivity contribution in [1.82, 2.24) is 20.0 Å². The summed E-state index contributed by atoms with van der Waals surface area (Å²) in [6, 6.07) is 2.55. The largest absolute Gasteiger partial charge is 0.401 e. The minimum atomic E-state index is -4.12. The first-order valence-electron chi connectivity index (χ1n) is 9.70. The van der Waals surface area contributed by atoms with Gasteiger partial charge in [-0.1, -0.05) is 0 Å². The quantitative estimate of drug-likeness (QED) is 0.743. The van der Waals surface area contributed by atoms with Crippen molar-refractivity contribution in [3.8, 4) is 0 Å². The molecule has 2 fully saturated rings. The van der Waals surface area contributed by atoms with Gasteiger partial charge in [0.15, 0.2) is 0 Å². The fourth-order valence-corrected chi connectivity index (χ4v) is 4.77. The van der Waals surface area contributed by atoms with Crippen molar-refractivity contribution in [1.29, 1.82) is 0 Å². The fourth-order valence-electron chi connectivity index (χ4n) is 3.90. The number of piperidine rings is 1. The number of likely N-dealkylation sites (tertiary alicyclic amines) is 1. The Morgan fingerprint density at radius 3 is 2.76 bits per heavy atom. The normalized spacial score (nSPS) is 23.3. The van der Waals surface area contributed by atoms with Crippen LogP contribution < -0.4 is 10.6 Å². The Kier molecular flexibility index (Phi) is 5.67. The van der Waals surface area contributed by atoms with Crippen LogP contribution in [-0.4, -0.2) is 58.5 Å². The summed E-state index contributed by atoms with van der Waals surface area (Å²) in [6.07, 6.45) is 1.70. The van der Waals surface area contributed by atoms with Gasteiger partial charge in [0.05, 0.1) is 23.3 Å². The number of alkyl halides is 3. The number of aromatic nitrogens is 2. The summed E-state index contributed by atoms with van der Waals surface area (Å²) in [5.74, 6) is 0.232. The molecule has 3 heterocycles. The van der Waals surface area contributed by atoms with Crippen LogP contribution in [0.4, 0.5) is 18.9 Å². The molecule has 4 rings (SSSR count). The summed E-state index contributed by atoms with van der Waals surface area (Å²) in [6.45, 7) is 0.141. The lowest BCUT2D eigenvalue weighted by Crippen LogP contribution is -2.46. The van der Waals surface area contributed by atoms with Gasteiger partial charge in [-0.2, -0.15) is 18.3 Å². The van der Waals surface area contributed by atoms with E-state index in [0.717, 1.165) is 24.8 Å². The molecule has 1 aliphatic carbocycles. The van der Waals surface area contributed by atoms with E-state index in [1.54, 1.807) is 24.1 Å². The molecule has 0 bridgehead atoms. The molecule has 2 unspecified atom stereocenters. The highest BCUT2D eigenvalue weighted by molar-refractivity contribution is 7.12. The molecule has 6 nitrogen and oxygen atoms in total. The Labute approximate surface area is 171 Å². The predicted molar refractivity (Wildman–Crippen MR) is 105 cm³/mol. The van der Waals surface area contributed by atoms with E-state index in [0.29, 0.717) is 35.6 Å². The van der Waals surface area contributed by atoms with E-state index in [1.807, 2.05) is 11.4 Å². The van der Waals surface area contributed by atoms with Gasteiger partial charge in [0.1, 0.15) is 0 Å². The third-order valence-corrected chi connectivity index (χ3v) is 6.41. The molecule has 1 aliphatic heterocycles. The van der Waals surface area contributed by atoms with Crippen molar-refractivity contribution in [2.24, 2.45) is 7.05 Å². The summed E-state index contributed by atoms with van der Waals surface area (Å²) in [5.41, 5.74) is 1.81. The highest BCUT2D eigenvalue weighted by Crippen LogP contribution is 2.43. The maximum Gasteiger partial charge on any atom is 0.401 e. The lowest BCUT2D eigenvalue weighted by Gasteiger charge is -2.33. The van der Waals surface area contributed by atoms with Gasteiger partial charge in [0, 0.05) is 31.2 Å². The van der Waals surface area contributed by atoms with E-state index in [9.17, 15) is 18.0 Å². The van der Waals surface area contributed by atoms with E-state index in [-0.39, 0.29) is 11.9 Å². The Morgan fingerprint density at radius 2 is 2.10 bits per heavy atom. The Morgan fingerprint density at radius 1 is 1.34 bits per heavy atom. The molecular formula is C19H24F3N5OS. The van der Waals surface area contributed by atoms with Gasteiger partial charge < -0.3 is 10.6 Å². The molecule has 2 aromatic heterocycles. The predicted octanol–water partition coefficient (Wildman–Crippen LogP) is 3.21. The Bertz CT molecular complexity index is 856. The first kappa shape index (κ1) is 20.4. The number of thiophene rings is 1. The van der Waals surface area contributed by atoms with Gasteiger partial charge in [-0.25, -0.2) is 0 Å². The van der Waals surface area contributed by atoms with Crippen LogP contribution in [0, 0.1) is 0 Å². The van der Waals surface area contributed by atoms with Gasteiger partial charge in [-0.15, -0.1) is 11.3 Å². The maximum atomic E-state index is 12.5.